The van der Waals surface area contributed by atoms with Crippen molar-refractivity contribution in [1.29, 1.82) is 0 Å². The summed E-state index contributed by atoms with van der Waals surface area (Å²) in [4.78, 5) is 4.58. The Morgan fingerprint density at radius 3 is 2.78 bits per heavy atom. The van der Waals surface area contributed by atoms with Crippen LogP contribution in [-0.2, 0) is 7.05 Å². The Kier molecular flexibility index (Phi) is 2.45. The molecule has 0 radical (unpaired) electrons. The summed E-state index contributed by atoms with van der Waals surface area (Å²) in [7, 11) is 1.87. The third-order valence-electron chi connectivity index (χ3n) is 2.89. The molecule has 1 aromatic carbocycles. The van der Waals surface area contributed by atoms with Crippen LogP contribution in [0.3, 0.4) is 0 Å². The molecular weight excluding hydrogens is 248 g/mol. The third kappa shape index (κ3) is 1.71. The average molecular weight is 259 g/mol. The highest BCUT2D eigenvalue weighted by molar-refractivity contribution is 6.31. The molecule has 3 aromatic rings. The molecule has 0 aliphatic rings. The van der Waals surface area contributed by atoms with E-state index in [1.807, 2.05) is 37.4 Å². The van der Waals surface area contributed by atoms with Crippen molar-refractivity contribution in [2.75, 3.05) is 5.73 Å². The van der Waals surface area contributed by atoms with E-state index in [1.165, 1.54) is 0 Å². The average Bonchev–Trinajstić information content (AvgIpc) is 2.76. The molecule has 5 heteroatoms. The van der Waals surface area contributed by atoms with Gasteiger partial charge >= 0.3 is 0 Å². The van der Waals surface area contributed by atoms with Crippen molar-refractivity contribution < 1.29 is 0 Å². The van der Waals surface area contributed by atoms with E-state index in [9.17, 15) is 0 Å². The molecule has 3 rings (SSSR count). The van der Waals surface area contributed by atoms with Gasteiger partial charge in [-0.15, -0.1) is 0 Å². The number of aryl methyl sites for hydroxylation is 1. The van der Waals surface area contributed by atoms with Gasteiger partial charge in [0, 0.05) is 29.3 Å². The van der Waals surface area contributed by atoms with Gasteiger partial charge in [-0.3, -0.25) is 4.68 Å². The zero-order valence-electron chi connectivity index (χ0n) is 9.76. The summed E-state index contributed by atoms with van der Waals surface area (Å²) >= 11 is 5.96. The van der Waals surface area contributed by atoms with Crippen LogP contribution in [0, 0.1) is 0 Å². The van der Waals surface area contributed by atoms with E-state index in [1.54, 1.807) is 10.9 Å². The Labute approximate surface area is 109 Å². The van der Waals surface area contributed by atoms with Gasteiger partial charge in [0.05, 0.1) is 16.9 Å². The second-order valence-electron chi connectivity index (χ2n) is 4.10. The highest BCUT2D eigenvalue weighted by atomic mass is 35.5. The lowest BCUT2D eigenvalue weighted by Gasteiger charge is -2.07. The first-order chi connectivity index (χ1) is 8.65. The summed E-state index contributed by atoms with van der Waals surface area (Å²) in [6.45, 7) is 0. The number of fused-ring (bicyclic) bond motifs is 1. The van der Waals surface area contributed by atoms with Crippen molar-refractivity contribution in [2.24, 2.45) is 7.05 Å². The summed E-state index contributed by atoms with van der Waals surface area (Å²) in [5.41, 5.74) is 9.29. The Hall–Kier alpha value is -2.07. The Morgan fingerprint density at radius 1 is 1.22 bits per heavy atom. The number of benzene rings is 1. The lowest BCUT2D eigenvalue weighted by Crippen LogP contribution is -1.97. The van der Waals surface area contributed by atoms with Crippen LogP contribution in [0.1, 0.15) is 0 Å². The lowest BCUT2D eigenvalue weighted by molar-refractivity contribution is 0.774. The van der Waals surface area contributed by atoms with Gasteiger partial charge in [0.2, 0.25) is 0 Å². The topological polar surface area (TPSA) is 56.7 Å². The number of halogens is 1. The number of hydrogen-bond acceptors (Lipinski definition) is 3. The van der Waals surface area contributed by atoms with Gasteiger partial charge in [-0.25, -0.2) is 4.98 Å². The predicted octanol–water partition coefficient (Wildman–Crippen LogP) is 2.87. The maximum atomic E-state index is 6.05. The molecule has 0 saturated carbocycles. The van der Waals surface area contributed by atoms with E-state index < -0.39 is 0 Å². The van der Waals surface area contributed by atoms with Gasteiger partial charge < -0.3 is 5.73 Å². The molecule has 2 N–H and O–H groups in total. The van der Waals surface area contributed by atoms with Gasteiger partial charge in [0.15, 0.2) is 0 Å². The Bertz CT molecular complexity index is 733. The molecule has 90 valence electrons. The number of pyridine rings is 1. The zero-order chi connectivity index (χ0) is 12.7. The summed E-state index contributed by atoms with van der Waals surface area (Å²) < 4.78 is 1.77. The van der Waals surface area contributed by atoms with E-state index in [0.717, 1.165) is 22.3 Å². The van der Waals surface area contributed by atoms with E-state index in [0.29, 0.717) is 10.7 Å². The zero-order valence-corrected chi connectivity index (χ0v) is 10.5. The van der Waals surface area contributed by atoms with Crippen molar-refractivity contribution in [1.82, 2.24) is 14.8 Å². The molecule has 18 heavy (non-hydrogen) atoms. The Morgan fingerprint density at radius 2 is 2.06 bits per heavy atom. The minimum absolute atomic E-state index is 0.657. The maximum absolute atomic E-state index is 6.05. The van der Waals surface area contributed by atoms with Crippen molar-refractivity contribution in [2.45, 2.75) is 0 Å². The first-order valence-corrected chi connectivity index (χ1v) is 5.87. The van der Waals surface area contributed by atoms with Crippen molar-refractivity contribution in [3.8, 4) is 11.4 Å². The van der Waals surface area contributed by atoms with Crippen LogP contribution in [0.2, 0.25) is 5.02 Å². The monoisotopic (exact) mass is 258 g/mol. The molecule has 4 nitrogen and oxygen atoms in total. The molecule has 0 fully saturated rings. The van der Waals surface area contributed by atoms with Crippen LogP contribution in [0.4, 0.5) is 5.69 Å². The molecule has 0 amide bonds. The van der Waals surface area contributed by atoms with Crippen LogP contribution in [0.5, 0.6) is 0 Å². The number of nitrogen functional groups attached to an aromatic ring is 1. The van der Waals surface area contributed by atoms with Crippen LogP contribution < -0.4 is 5.73 Å². The van der Waals surface area contributed by atoms with Gasteiger partial charge in [-0.1, -0.05) is 11.6 Å². The molecule has 0 spiro atoms. The minimum Gasteiger partial charge on any atom is -0.398 e. The van der Waals surface area contributed by atoms with Crippen molar-refractivity contribution >= 4 is 28.2 Å². The fraction of sp³-hybridized carbons (Fsp3) is 0.0769. The first kappa shape index (κ1) is 11.0. The fourth-order valence-electron chi connectivity index (χ4n) is 1.98. The second kappa shape index (κ2) is 3.99. The number of rotatable bonds is 1. The van der Waals surface area contributed by atoms with Crippen molar-refractivity contribution in [3.05, 3.63) is 41.6 Å². The summed E-state index contributed by atoms with van der Waals surface area (Å²) in [6.07, 6.45) is 1.74. The van der Waals surface area contributed by atoms with Gasteiger partial charge in [0.25, 0.3) is 0 Å². The van der Waals surface area contributed by atoms with Crippen LogP contribution in [-0.4, -0.2) is 14.8 Å². The molecule has 2 heterocycles. The summed E-state index contributed by atoms with van der Waals surface area (Å²) in [5.74, 6) is 0. The summed E-state index contributed by atoms with van der Waals surface area (Å²) in [5, 5.41) is 5.66. The molecule has 2 aromatic heterocycles. The van der Waals surface area contributed by atoms with E-state index in [4.69, 9.17) is 17.3 Å². The molecule has 0 saturated heterocycles. The van der Waals surface area contributed by atoms with E-state index in [2.05, 4.69) is 10.1 Å². The molecule has 0 aliphatic heterocycles. The quantitative estimate of drug-likeness (QED) is 0.730. The SMILES string of the molecule is Cn1nccc1-c1cc(N)c2cc(Cl)ccc2n1. The number of nitrogens with zero attached hydrogens (tertiary/aromatic N) is 3. The standard InChI is InChI=1S/C13H11ClN4/c1-18-13(4-5-16-18)12-7-10(15)9-6-8(14)2-3-11(9)17-12/h2-7H,1H3,(H2,15,17). The highest BCUT2D eigenvalue weighted by Gasteiger charge is 2.08. The lowest BCUT2D eigenvalue weighted by atomic mass is 10.1. The van der Waals surface area contributed by atoms with Gasteiger partial charge in [-0.2, -0.15) is 5.10 Å². The Balaban J connectivity index is 2.28. The smallest absolute Gasteiger partial charge is 0.0911 e. The van der Waals surface area contributed by atoms with Crippen LogP contribution in [0.15, 0.2) is 36.5 Å². The largest absolute Gasteiger partial charge is 0.398 e. The first-order valence-electron chi connectivity index (χ1n) is 5.49. The fourth-order valence-corrected chi connectivity index (χ4v) is 2.15. The molecule has 0 aliphatic carbocycles. The molecule has 0 atom stereocenters. The number of hydrogen-bond donors (Lipinski definition) is 1. The number of anilines is 1. The van der Waals surface area contributed by atoms with Gasteiger partial charge in [-0.05, 0) is 30.3 Å². The normalized spacial score (nSPS) is 11.0. The van der Waals surface area contributed by atoms with E-state index in [-0.39, 0.29) is 0 Å². The van der Waals surface area contributed by atoms with Crippen LogP contribution in [0.25, 0.3) is 22.3 Å². The number of nitrogens with two attached hydrogens (primary N) is 1. The molecular formula is C13H11ClN4. The predicted molar refractivity (Wildman–Crippen MR) is 73.4 cm³/mol. The molecule has 0 bridgehead atoms. The minimum atomic E-state index is 0.657. The van der Waals surface area contributed by atoms with Gasteiger partial charge in [0.1, 0.15) is 0 Å². The highest BCUT2D eigenvalue weighted by Crippen LogP contribution is 2.27. The van der Waals surface area contributed by atoms with E-state index >= 15 is 0 Å². The number of aromatic nitrogens is 3. The third-order valence-corrected chi connectivity index (χ3v) is 3.12. The molecule has 0 unspecified atom stereocenters. The maximum Gasteiger partial charge on any atom is 0.0911 e. The van der Waals surface area contributed by atoms with Crippen molar-refractivity contribution in [3.63, 3.8) is 0 Å². The summed E-state index contributed by atoms with van der Waals surface area (Å²) in [6, 6.07) is 9.25. The second-order valence-corrected chi connectivity index (χ2v) is 4.53. The van der Waals surface area contributed by atoms with Crippen LogP contribution >= 0.6 is 11.6 Å².